The Hall–Kier alpha value is -3.29. The van der Waals surface area contributed by atoms with Crippen LogP contribution in [0.4, 0.5) is 11.5 Å². The smallest absolute Gasteiger partial charge is 0.319 e. The Bertz CT molecular complexity index is 799. The zero-order chi connectivity index (χ0) is 14.8. The third kappa shape index (κ3) is 2.29. The third-order valence-electron chi connectivity index (χ3n) is 2.91. The topological polar surface area (TPSA) is 113 Å². The van der Waals surface area contributed by atoms with Crippen LogP contribution in [0.2, 0.25) is 0 Å². The predicted molar refractivity (Wildman–Crippen MR) is 75.7 cm³/mol. The van der Waals surface area contributed by atoms with Crippen LogP contribution in [-0.4, -0.2) is 24.7 Å². The summed E-state index contributed by atoms with van der Waals surface area (Å²) >= 11 is 0. The van der Waals surface area contributed by atoms with Crippen LogP contribution in [0, 0.1) is 10.1 Å². The zero-order valence-corrected chi connectivity index (χ0v) is 10.7. The number of rotatable bonds is 3. The van der Waals surface area contributed by atoms with Crippen molar-refractivity contribution >= 4 is 11.5 Å². The Morgan fingerprint density at radius 2 is 2.05 bits per heavy atom. The fourth-order valence-electron chi connectivity index (χ4n) is 1.97. The second-order valence-corrected chi connectivity index (χ2v) is 4.21. The molecule has 3 aromatic rings. The van der Waals surface area contributed by atoms with Crippen LogP contribution in [0.25, 0.3) is 16.9 Å². The van der Waals surface area contributed by atoms with Gasteiger partial charge >= 0.3 is 5.69 Å². The van der Waals surface area contributed by atoms with E-state index in [1.54, 1.807) is 24.5 Å². The molecule has 3 rings (SSSR count). The van der Waals surface area contributed by atoms with E-state index in [1.165, 1.54) is 23.1 Å². The van der Waals surface area contributed by atoms with Gasteiger partial charge in [0, 0.05) is 24.2 Å². The number of nitrogens with zero attached hydrogens (tertiary/aromatic N) is 5. The Morgan fingerprint density at radius 1 is 1.19 bits per heavy atom. The number of anilines is 1. The first-order chi connectivity index (χ1) is 10.2. The van der Waals surface area contributed by atoms with Crippen LogP contribution in [0.3, 0.4) is 0 Å². The van der Waals surface area contributed by atoms with Gasteiger partial charge in [0.05, 0.1) is 16.7 Å². The molecule has 0 bridgehead atoms. The molecule has 8 nitrogen and oxygen atoms in total. The molecule has 0 atom stereocenters. The van der Waals surface area contributed by atoms with Crippen LogP contribution >= 0.6 is 0 Å². The SMILES string of the molecule is Nc1nccc(-c2cnn(-c3ccccn3)c2)c1[N+](=O)[O-]. The summed E-state index contributed by atoms with van der Waals surface area (Å²) in [4.78, 5) is 18.5. The van der Waals surface area contributed by atoms with E-state index >= 15 is 0 Å². The van der Waals surface area contributed by atoms with Crippen molar-refractivity contribution in [2.45, 2.75) is 0 Å². The first-order valence-electron chi connectivity index (χ1n) is 6.02. The van der Waals surface area contributed by atoms with Crippen LogP contribution < -0.4 is 5.73 Å². The van der Waals surface area contributed by atoms with Crippen molar-refractivity contribution in [3.05, 3.63) is 59.2 Å². The molecule has 0 aliphatic heterocycles. The molecule has 3 aromatic heterocycles. The largest absolute Gasteiger partial charge is 0.378 e. The molecule has 0 aromatic carbocycles. The highest BCUT2D eigenvalue weighted by molar-refractivity contribution is 5.78. The van der Waals surface area contributed by atoms with Crippen molar-refractivity contribution in [2.24, 2.45) is 0 Å². The fraction of sp³-hybridized carbons (Fsp3) is 0. The number of pyridine rings is 2. The molecule has 0 aliphatic rings. The van der Waals surface area contributed by atoms with Crippen molar-refractivity contribution in [1.82, 2.24) is 19.7 Å². The summed E-state index contributed by atoms with van der Waals surface area (Å²) in [6.07, 6.45) is 6.25. The standard InChI is InChI=1S/C13H10N6O2/c14-13-12(19(20)21)10(4-6-16-13)9-7-17-18(8-9)11-3-1-2-5-15-11/h1-8H,(H2,14,16). The molecule has 0 saturated carbocycles. The van der Waals surface area contributed by atoms with Crippen LogP contribution in [0.5, 0.6) is 0 Å². The number of nitrogens with two attached hydrogens (primary N) is 1. The van der Waals surface area contributed by atoms with Gasteiger partial charge in [-0.05, 0) is 18.2 Å². The molecule has 0 spiro atoms. The molecule has 2 N–H and O–H groups in total. The van der Waals surface area contributed by atoms with E-state index in [1.807, 2.05) is 6.07 Å². The average Bonchev–Trinajstić information content (AvgIpc) is 2.97. The number of hydrogen-bond donors (Lipinski definition) is 1. The number of nitro groups is 1. The van der Waals surface area contributed by atoms with Gasteiger partial charge in [-0.15, -0.1) is 0 Å². The quantitative estimate of drug-likeness (QED) is 0.579. The van der Waals surface area contributed by atoms with Crippen molar-refractivity contribution < 1.29 is 4.92 Å². The van der Waals surface area contributed by atoms with E-state index in [0.717, 1.165) is 0 Å². The summed E-state index contributed by atoms with van der Waals surface area (Å²) in [5.74, 6) is 0.497. The molecule has 0 fully saturated rings. The fourth-order valence-corrected chi connectivity index (χ4v) is 1.97. The van der Waals surface area contributed by atoms with Gasteiger partial charge in [0.15, 0.2) is 5.82 Å². The van der Waals surface area contributed by atoms with Crippen molar-refractivity contribution in [1.29, 1.82) is 0 Å². The van der Waals surface area contributed by atoms with E-state index in [9.17, 15) is 10.1 Å². The van der Waals surface area contributed by atoms with Crippen molar-refractivity contribution in [3.8, 4) is 16.9 Å². The van der Waals surface area contributed by atoms with Gasteiger partial charge in [-0.25, -0.2) is 14.6 Å². The molecule has 8 heteroatoms. The van der Waals surface area contributed by atoms with Gasteiger partial charge < -0.3 is 5.73 Å². The normalized spacial score (nSPS) is 10.5. The average molecular weight is 282 g/mol. The minimum Gasteiger partial charge on any atom is -0.378 e. The van der Waals surface area contributed by atoms with Crippen LogP contribution in [0.1, 0.15) is 0 Å². The molecule has 0 unspecified atom stereocenters. The Morgan fingerprint density at radius 3 is 2.76 bits per heavy atom. The highest BCUT2D eigenvalue weighted by Crippen LogP contribution is 2.32. The maximum atomic E-state index is 11.1. The molecule has 21 heavy (non-hydrogen) atoms. The lowest BCUT2D eigenvalue weighted by molar-refractivity contribution is -0.383. The lowest BCUT2D eigenvalue weighted by Crippen LogP contribution is -2.00. The maximum absolute atomic E-state index is 11.1. The minimum atomic E-state index is -0.546. The lowest BCUT2D eigenvalue weighted by atomic mass is 10.1. The monoisotopic (exact) mass is 282 g/mol. The summed E-state index contributed by atoms with van der Waals surface area (Å²) in [6.45, 7) is 0. The van der Waals surface area contributed by atoms with E-state index in [-0.39, 0.29) is 11.5 Å². The maximum Gasteiger partial charge on any atom is 0.319 e. The molecular weight excluding hydrogens is 272 g/mol. The summed E-state index contributed by atoms with van der Waals surface area (Å²) in [7, 11) is 0. The van der Waals surface area contributed by atoms with E-state index in [0.29, 0.717) is 16.9 Å². The van der Waals surface area contributed by atoms with Crippen molar-refractivity contribution in [3.63, 3.8) is 0 Å². The molecule has 0 saturated heterocycles. The van der Waals surface area contributed by atoms with Gasteiger partial charge in [-0.3, -0.25) is 10.1 Å². The van der Waals surface area contributed by atoms with Gasteiger partial charge in [0.2, 0.25) is 5.82 Å². The van der Waals surface area contributed by atoms with Crippen LogP contribution in [-0.2, 0) is 0 Å². The highest BCUT2D eigenvalue weighted by atomic mass is 16.6. The number of hydrogen-bond acceptors (Lipinski definition) is 6. The number of aromatic nitrogens is 4. The Kier molecular flexibility index (Phi) is 3.03. The molecule has 0 aliphatic carbocycles. The minimum absolute atomic E-state index is 0.122. The molecule has 104 valence electrons. The van der Waals surface area contributed by atoms with E-state index in [2.05, 4.69) is 15.1 Å². The molecule has 3 heterocycles. The molecule has 0 radical (unpaired) electrons. The second kappa shape index (κ2) is 5.00. The van der Waals surface area contributed by atoms with Gasteiger partial charge in [0.1, 0.15) is 0 Å². The van der Waals surface area contributed by atoms with Crippen molar-refractivity contribution in [2.75, 3.05) is 5.73 Å². The highest BCUT2D eigenvalue weighted by Gasteiger charge is 2.21. The summed E-state index contributed by atoms with van der Waals surface area (Å²) < 4.78 is 1.54. The van der Waals surface area contributed by atoms with E-state index in [4.69, 9.17) is 5.73 Å². The number of nitrogen functional groups attached to an aromatic ring is 1. The first-order valence-corrected chi connectivity index (χ1v) is 6.02. The Balaban J connectivity index is 2.09. The van der Waals surface area contributed by atoms with Gasteiger partial charge in [-0.1, -0.05) is 6.07 Å². The Labute approximate surface area is 119 Å². The second-order valence-electron chi connectivity index (χ2n) is 4.21. The predicted octanol–water partition coefficient (Wildman–Crippen LogP) is 1.82. The van der Waals surface area contributed by atoms with E-state index < -0.39 is 4.92 Å². The zero-order valence-electron chi connectivity index (χ0n) is 10.7. The van der Waals surface area contributed by atoms with Gasteiger partial charge in [-0.2, -0.15) is 5.10 Å². The molecular formula is C13H10N6O2. The lowest BCUT2D eigenvalue weighted by Gasteiger charge is -2.02. The summed E-state index contributed by atoms with van der Waals surface area (Å²) in [5, 5.41) is 15.3. The third-order valence-corrected chi connectivity index (χ3v) is 2.91. The van der Waals surface area contributed by atoms with Gasteiger partial charge in [0.25, 0.3) is 0 Å². The first kappa shape index (κ1) is 12.7. The summed E-state index contributed by atoms with van der Waals surface area (Å²) in [5.41, 5.74) is 6.30. The summed E-state index contributed by atoms with van der Waals surface area (Å²) in [6, 6.07) is 6.94. The molecule has 0 amide bonds. The van der Waals surface area contributed by atoms with Crippen LogP contribution in [0.15, 0.2) is 49.1 Å².